The number of carbonyl (C=O) groups is 2. The fourth-order valence-corrected chi connectivity index (χ4v) is 3.19. The highest BCUT2D eigenvalue weighted by atomic mass is 19.3. The summed E-state index contributed by atoms with van der Waals surface area (Å²) in [5, 5.41) is 11.5. The highest BCUT2D eigenvalue weighted by Gasteiger charge is 2.38. The van der Waals surface area contributed by atoms with Crippen molar-refractivity contribution in [3.05, 3.63) is 35.6 Å². The van der Waals surface area contributed by atoms with Gasteiger partial charge in [-0.1, -0.05) is 12.1 Å². The Kier molecular flexibility index (Phi) is 6.47. The van der Waals surface area contributed by atoms with Gasteiger partial charge in [-0.05, 0) is 31.5 Å². The predicted octanol–water partition coefficient (Wildman–Crippen LogP) is 2.32. The second-order valence-electron chi connectivity index (χ2n) is 6.42. The van der Waals surface area contributed by atoms with Gasteiger partial charge in [-0.3, -0.25) is 9.69 Å². The van der Waals surface area contributed by atoms with Crippen LogP contribution in [0.4, 0.5) is 18.0 Å². The van der Waals surface area contributed by atoms with Gasteiger partial charge < -0.3 is 15.3 Å². The second-order valence-corrected chi connectivity index (χ2v) is 6.42. The number of nitrogens with zero attached hydrogens (tertiary/aromatic N) is 2. The average Bonchev–Trinajstić information content (AvgIpc) is 2.57. The van der Waals surface area contributed by atoms with Gasteiger partial charge in [0, 0.05) is 25.2 Å². The molecule has 3 atom stereocenters. The summed E-state index contributed by atoms with van der Waals surface area (Å²) in [6.45, 7) is 3.12. The molecule has 1 aliphatic rings. The van der Waals surface area contributed by atoms with E-state index in [0.29, 0.717) is 5.56 Å². The van der Waals surface area contributed by atoms with Gasteiger partial charge in [-0.15, -0.1) is 0 Å². The van der Waals surface area contributed by atoms with Gasteiger partial charge in [-0.25, -0.2) is 18.0 Å². The normalized spacial score (nSPS) is 22.3. The third-order valence-electron chi connectivity index (χ3n) is 4.48. The molecule has 2 amide bonds. The first kappa shape index (κ1) is 20.0. The van der Waals surface area contributed by atoms with Gasteiger partial charge in [0.1, 0.15) is 11.9 Å². The maximum absolute atomic E-state index is 13.2. The number of carbonyl (C=O) groups excluding carboxylic acids is 1. The van der Waals surface area contributed by atoms with Gasteiger partial charge >= 0.3 is 6.09 Å². The molecule has 144 valence electrons. The Hall–Kier alpha value is -2.29. The van der Waals surface area contributed by atoms with Gasteiger partial charge in [0.15, 0.2) is 0 Å². The molecule has 0 radical (unpaired) electrons. The van der Waals surface area contributed by atoms with Gasteiger partial charge in [0.05, 0.1) is 6.54 Å². The number of halogens is 3. The van der Waals surface area contributed by atoms with Crippen LogP contribution in [0.5, 0.6) is 0 Å². The molecule has 1 saturated heterocycles. The second kappa shape index (κ2) is 8.39. The summed E-state index contributed by atoms with van der Waals surface area (Å²) >= 11 is 0. The molecular weight excluding hydrogens is 351 g/mol. The molecule has 0 spiro atoms. The molecule has 1 fully saturated rings. The quantitative estimate of drug-likeness (QED) is 0.831. The molecule has 1 aliphatic heterocycles. The van der Waals surface area contributed by atoms with E-state index in [1.807, 2.05) is 0 Å². The minimum absolute atomic E-state index is 0.177. The maximum atomic E-state index is 13.2. The molecule has 9 heteroatoms. The van der Waals surface area contributed by atoms with Gasteiger partial charge in [-0.2, -0.15) is 0 Å². The lowest BCUT2D eigenvalue weighted by Gasteiger charge is -2.45. The lowest BCUT2D eigenvalue weighted by Crippen LogP contribution is -2.60. The lowest BCUT2D eigenvalue weighted by molar-refractivity contribution is -0.129. The molecule has 1 aromatic rings. The molecule has 0 bridgehead atoms. The first-order valence-corrected chi connectivity index (χ1v) is 8.27. The molecule has 1 aromatic carbocycles. The van der Waals surface area contributed by atoms with E-state index in [4.69, 9.17) is 0 Å². The minimum Gasteiger partial charge on any atom is -0.465 e. The van der Waals surface area contributed by atoms with E-state index in [1.54, 1.807) is 18.7 Å². The Morgan fingerprint density at radius 1 is 1.19 bits per heavy atom. The van der Waals surface area contributed by atoms with E-state index >= 15 is 0 Å². The van der Waals surface area contributed by atoms with Crippen LogP contribution in [-0.4, -0.2) is 65.1 Å². The molecule has 2 rings (SSSR count). The van der Waals surface area contributed by atoms with Crippen LogP contribution in [-0.2, 0) is 4.79 Å². The highest BCUT2D eigenvalue weighted by molar-refractivity contribution is 5.83. The van der Waals surface area contributed by atoms with Crippen LogP contribution in [0.15, 0.2) is 24.3 Å². The summed E-state index contributed by atoms with van der Waals surface area (Å²) in [5.41, 5.74) is 0.459. The average molecular weight is 373 g/mol. The van der Waals surface area contributed by atoms with Crippen molar-refractivity contribution in [1.29, 1.82) is 0 Å². The van der Waals surface area contributed by atoms with E-state index in [0.717, 1.165) is 0 Å². The Balaban J connectivity index is 2.29. The number of alkyl halides is 2. The third-order valence-corrected chi connectivity index (χ3v) is 4.48. The van der Waals surface area contributed by atoms with Crippen LogP contribution in [0.25, 0.3) is 0 Å². The van der Waals surface area contributed by atoms with Crippen molar-refractivity contribution >= 4 is 12.0 Å². The zero-order valence-corrected chi connectivity index (χ0v) is 14.5. The van der Waals surface area contributed by atoms with Crippen LogP contribution in [0.2, 0.25) is 0 Å². The van der Waals surface area contributed by atoms with E-state index in [2.05, 4.69) is 5.32 Å². The first-order chi connectivity index (χ1) is 12.2. The molecule has 6 nitrogen and oxygen atoms in total. The van der Waals surface area contributed by atoms with Crippen molar-refractivity contribution in [2.75, 3.05) is 19.6 Å². The summed E-state index contributed by atoms with van der Waals surface area (Å²) in [7, 11) is 0. The molecular formula is C17H22F3N3O3. The fourth-order valence-electron chi connectivity index (χ4n) is 3.19. The summed E-state index contributed by atoms with van der Waals surface area (Å²) in [6, 6.07) is 3.65. The number of hydrogen-bond acceptors (Lipinski definition) is 3. The van der Waals surface area contributed by atoms with Crippen LogP contribution < -0.4 is 5.32 Å². The predicted molar refractivity (Wildman–Crippen MR) is 88.5 cm³/mol. The molecule has 1 unspecified atom stereocenters. The minimum atomic E-state index is -2.69. The Labute approximate surface area is 149 Å². The highest BCUT2D eigenvalue weighted by Crippen LogP contribution is 2.28. The topological polar surface area (TPSA) is 72.9 Å². The molecule has 0 saturated carbocycles. The van der Waals surface area contributed by atoms with Crippen molar-refractivity contribution in [2.45, 2.75) is 38.4 Å². The van der Waals surface area contributed by atoms with Crippen molar-refractivity contribution in [1.82, 2.24) is 15.1 Å². The van der Waals surface area contributed by atoms with E-state index in [1.165, 1.54) is 29.2 Å². The zero-order chi connectivity index (χ0) is 19.4. The summed E-state index contributed by atoms with van der Waals surface area (Å²) in [4.78, 5) is 26.9. The third kappa shape index (κ3) is 4.66. The van der Waals surface area contributed by atoms with E-state index < -0.39 is 36.8 Å². The zero-order valence-electron chi connectivity index (χ0n) is 14.5. The monoisotopic (exact) mass is 373 g/mol. The standard InChI is InChI=1S/C17H22F3N3O3/c1-10-9-23(17(25)26)11(2)8-22(10)15(16(24)21-7-14(19)20)12-3-5-13(18)6-4-12/h3-6,10-11,14-15H,7-9H2,1-2H3,(H,21,24)(H,25,26)/t10-,11+,15?/m1/s1. The number of hydrogen-bond donors (Lipinski definition) is 2. The number of nitrogens with one attached hydrogen (secondary N) is 1. The van der Waals surface area contributed by atoms with Crippen LogP contribution in [0.1, 0.15) is 25.5 Å². The maximum Gasteiger partial charge on any atom is 0.407 e. The van der Waals surface area contributed by atoms with Crippen molar-refractivity contribution in [3.8, 4) is 0 Å². The van der Waals surface area contributed by atoms with Crippen LogP contribution >= 0.6 is 0 Å². The van der Waals surface area contributed by atoms with E-state index in [9.17, 15) is 27.9 Å². The van der Waals surface area contributed by atoms with Gasteiger partial charge in [0.2, 0.25) is 5.91 Å². The Morgan fingerprint density at radius 3 is 2.35 bits per heavy atom. The van der Waals surface area contributed by atoms with E-state index in [-0.39, 0.29) is 25.2 Å². The van der Waals surface area contributed by atoms with Gasteiger partial charge in [0.25, 0.3) is 6.43 Å². The van der Waals surface area contributed by atoms with Crippen molar-refractivity contribution < 1.29 is 27.9 Å². The molecule has 0 aliphatic carbocycles. The SMILES string of the molecule is C[C@@H]1CN(C(=O)O)[C@@H](C)CN1C(C(=O)NCC(F)F)c1ccc(F)cc1. The first-order valence-electron chi connectivity index (χ1n) is 8.27. The lowest BCUT2D eigenvalue weighted by atomic mass is 9.99. The number of benzene rings is 1. The number of carboxylic acid groups (broad SMARTS) is 1. The van der Waals surface area contributed by atoms with Crippen molar-refractivity contribution in [2.24, 2.45) is 0 Å². The Bertz CT molecular complexity index is 642. The summed E-state index contributed by atoms with van der Waals surface area (Å²) < 4.78 is 38.2. The molecule has 0 aromatic heterocycles. The molecule has 2 N–H and O–H groups in total. The number of rotatable bonds is 5. The molecule has 1 heterocycles. The summed E-state index contributed by atoms with van der Waals surface area (Å²) in [5.74, 6) is -1.10. The summed E-state index contributed by atoms with van der Waals surface area (Å²) in [6.07, 6.45) is -3.74. The number of amides is 2. The van der Waals surface area contributed by atoms with Crippen LogP contribution in [0.3, 0.4) is 0 Å². The smallest absolute Gasteiger partial charge is 0.407 e. The Morgan fingerprint density at radius 2 is 1.81 bits per heavy atom. The number of piperazine rings is 1. The largest absolute Gasteiger partial charge is 0.465 e. The molecule has 26 heavy (non-hydrogen) atoms. The van der Waals surface area contributed by atoms with Crippen molar-refractivity contribution in [3.63, 3.8) is 0 Å². The fraction of sp³-hybridized carbons (Fsp3) is 0.529. The van der Waals surface area contributed by atoms with Crippen LogP contribution in [0, 0.1) is 5.82 Å².